The van der Waals surface area contributed by atoms with Gasteiger partial charge < -0.3 is 15.9 Å². The Kier molecular flexibility index (Phi) is 7.55. The van der Waals surface area contributed by atoms with Crippen molar-refractivity contribution in [1.82, 2.24) is 4.84 Å². The van der Waals surface area contributed by atoms with E-state index in [0.717, 1.165) is 5.56 Å². The summed E-state index contributed by atoms with van der Waals surface area (Å²) < 4.78 is 4.93. The monoisotopic (exact) mass is 287 g/mol. The van der Waals surface area contributed by atoms with Crippen LogP contribution in [0.4, 0.5) is 4.79 Å². The van der Waals surface area contributed by atoms with Gasteiger partial charge in [-0.2, -0.15) is 0 Å². The maximum atomic E-state index is 11.2. The molecule has 0 aromatic heterocycles. The maximum Gasteiger partial charge on any atom is 0.437 e. The van der Waals surface area contributed by atoms with Gasteiger partial charge in [-0.15, -0.1) is 4.99 Å². The molecular weight excluding hydrogens is 270 g/mol. The summed E-state index contributed by atoms with van der Waals surface area (Å²) in [6, 6.07) is 7.83. The number of hydrogen-bond donors (Lipinski definition) is 2. The van der Waals surface area contributed by atoms with Crippen molar-refractivity contribution in [3.8, 4) is 0 Å². The zero-order valence-electron chi connectivity index (χ0n) is 10.8. The summed E-state index contributed by atoms with van der Waals surface area (Å²) in [5.74, 6) is 0.229. The van der Waals surface area contributed by atoms with Gasteiger partial charge in [0.25, 0.3) is 0 Å². The minimum atomic E-state index is -0.782. The molecule has 0 aliphatic rings. The number of benzene rings is 1. The molecule has 106 valence electrons. The van der Waals surface area contributed by atoms with Crippen LogP contribution >= 0.6 is 11.8 Å². The highest BCUT2D eigenvalue weighted by molar-refractivity contribution is 6.22. The average molecular weight is 288 g/mol. The summed E-state index contributed by atoms with van der Waals surface area (Å²) in [6.07, 6.45) is -0.782. The third-order valence-corrected chi connectivity index (χ3v) is 2.48. The van der Waals surface area contributed by atoms with E-state index in [9.17, 15) is 4.79 Å². The lowest BCUT2D eigenvalue weighted by Crippen LogP contribution is -2.25. The number of nitrogens with one attached hydrogen (secondary N) is 1. The molecule has 0 aliphatic carbocycles. The van der Waals surface area contributed by atoms with Gasteiger partial charge in [-0.05, 0) is 17.0 Å². The van der Waals surface area contributed by atoms with Crippen LogP contribution in [0.5, 0.6) is 0 Å². The number of nitrogens with zero attached hydrogens (tertiary/aromatic N) is 1. The summed E-state index contributed by atoms with van der Waals surface area (Å²) in [7, 11) is 0. The fraction of sp³-hybridized carbons (Fsp3) is 0.333. The van der Waals surface area contributed by atoms with Gasteiger partial charge in [-0.25, -0.2) is 4.79 Å². The Morgan fingerprint density at radius 1 is 1.53 bits per heavy atom. The lowest BCUT2D eigenvalue weighted by molar-refractivity contribution is 0.150. The minimum Gasteiger partial charge on any atom is -0.443 e. The average Bonchev–Trinajstić information content (AvgIpc) is 2.36. The van der Waals surface area contributed by atoms with E-state index in [-0.39, 0.29) is 18.0 Å². The van der Waals surface area contributed by atoms with E-state index in [1.54, 1.807) is 0 Å². The molecule has 1 rings (SSSR count). The normalized spacial score (nSPS) is 10.8. The van der Waals surface area contributed by atoms with E-state index < -0.39 is 6.09 Å². The second kappa shape index (κ2) is 8.34. The maximum absolute atomic E-state index is 11.2. The van der Waals surface area contributed by atoms with Gasteiger partial charge in [0.05, 0.1) is 0 Å². The largest absolute Gasteiger partial charge is 0.443 e. The first-order valence-electron chi connectivity index (χ1n) is 5.49. The molecule has 0 saturated heterocycles. The highest BCUT2D eigenvalue weighted by atomic mass is 35.5. The fourth-order valence-corrected chi connectivity index (χ4v) is 1.38. The van der Waals surface area contributed by atoms with E-state index in [0.29, 0.717) is 5.92 Å². The predicted octanol–water partition coefficient (Wildman–Crippen LogP) is 1.68. The molecule has 0 unspecified atom stereocenters. The SMILES string of the molecule is CC(C)c1cccc(COC(=O)N=C(N)NCl)c1.O. The molecule has 0 radical (unpaired) electrons. The number of carbonyl (C=O) groups is 1. The highest BCUT2D eigenvalue weighted by Gasteiger charge is 2.04. The summed E-state index contributed by atoms with van der Waals surface area (Å²) >= 11 is 5.16. The predicted molar refractivity (Wildman–Crippen MR) is 74.9 cm³/mol. The van der Waals surface area contributed by atoms with Crippen LogP contribution in [0, 0.1) is 0 Å². The molecule has 0 aliphatic heterocycles. The number of amides is 1. The van der Waals surface area contributed by atoms with E-state index in [2.05, 4.69) is 18.8 Å². The van der Waals surface area contributed by atoms with Crippen molar-refractivity contribution in [1.29, 1.82) is 0 Å². The number of nitrogens with two attached hydrogens (primary N) is 1. The summed E-state index contributed by atoms with van der Waals surface area (Å²) in [4.78, 5) is 16.6. The van der Waals surface area contributed by atoms with Gasteiger partial charge in [-0.3, -0.25) is 4.84 Å². The molecule has 0 bridgehead atoms. The molecule has 0 saturated carbocycles. The van der Waals surface area contributed by atoms with Crippen molar-refractivity contribution in [2.24, 2.45) is 10.7 Å². The van der Waals surface area contributed by atoms with Crippen LogP contribution in [0.15, 0.2) is 29.3 Å². The van der Waals surface area contributed by atoms with Crippen LogP contribution < -0.4 is 10.6 Å². The zero-order valence-corrected chi connectivity index (χ0v) is 11.6. The Bertz CT molecular complexity index is 450. The second-order valence-corrected chi connectivity index (χ2v) is 4.23. The smallest absolute Gasteiger partial charge is 0.437 e. The van der Waals surface area contributed by atoms with Gasteiger partial charge in [0, 0.05) is 11.8 Å². The van der Waals surface area contributed by atoms with Crippen molar-refractivity contribution >= 4 is 23.8 Å². The number of hydrogen-bond acceptors (Lipinski definition) is 2. The molecule has 1 amide bonds. The molecule has 1 aromatic rings. The Morgan fingerprint density at radius 2 is 2.21 bits per heavy atom. The van der Waals surface area contributed by atoms with Crippen LogP contribution in [0.2, 0.25) is 0 Å². The first kappa shape index (κ1) is 17.2. The number of guanidine groups is 1. The van der Waals surface area contributed by atoms with E-state index >= 15 is 0 Å². The van der Waals surface area contributed by atoms with Crippen molar-refractivity contribution in [3.05, 3.63) is 35.4 Å². The third-order valence-electron chi connectivity index (χ3n) is 2.29. The van der Waals surface area contributed by atoms with Crippen molar-refractivity contribution in [2.75, 3.05) is 0 Å². The molecule has 0 spiro atoms. The lowest BCUT2D eigenvalue weighted by Gasteiger charge is -2.08. The summed E-state index contributed by atoms with van der Waals surface area (Å²) in [5, 5.41) is 0. The zero-order chi connectivity index (χ0) is 13.5. The van der Waals surface area contributed by atoms with E-state index in [1.165, 1.54) is 5.56 Å². The van der Waals surface area contributed by atoms with Crippen LogP contribution in [0.1, 0.15) is 30.9 Å². The molecule has 0 atom stereocenters. The number of aliphatic imine (C=N–C) groups is 1. The first-order valence-corrected chi connectivity index (χ1v) is 5.87. The molecule has 19 heavy (non-hydrogen) atoms. The van der Waals surface area contributed by atoms with Crippen molar-refractivity contribution < 1.29 is 15.0 Å². The number of halogens is 1. The standard InChI is InChI=1S/C12H16ClN3O2.H2O/c1-8(2)10-5-3-4-9(6-10)7-18-12(17)15-11(14)16-13;/h3-6,8H,7H2,1-2H3,(H3,14,15,16,17);1H2. The van der Waals surface area contributed by atoms with E-state index in [4.69, 9.17) is 22.2 Å². The Balaban J connectivity index is 0.00000324. The van der Waals surface area contributed by atoms with Gasteiger partial charge >= 0.3 is 6.09 Å². The molecule has 6 nitrogen and oxygen atoms in total. The molecular formula is C12H18ClN3O3. The highest BCUT2D eigenvalue weighted by Crippen LogP contribution is 2.16. The number of rotatable bonds is 3. The van der Waals surface area contributed by atoms with Gasteiger partial charge in [-0.1, -0.05) is 38.1 Å². The Labute approximate surface area is 117 Å². The molecule has 1 aromatic carbocycles. The quantitative estimate of drug-likeness (QED) is 0.501. The second-order valence-electron chi connectivity index (χ2n) is 4.05. The molecule has 7 heteroatoms. The van der Waals surface area contributed by atoms with Crippen LogP contribution in [0.25, 0.3) is 0 Å². The molecule has 0 fully saturated rings. The van der Waals surface area contributed by atoms with E-state index in [1.807, 2.05) is 29.1 Å². The lowest BCUT2D eigenvalue weighted by atomic mass is 10.0. The van der Waals surface area contributed by atoms with Gasteiger partial charge in [0.1, 0.15) is 6.61 Å². The molecule has 0 heterocycles. The molecule has 5 N–H and O–H groups in total. The third kappa shape index (κ3) is 6.08. The Hall–Kier alpha value is -1.79. The summed E-state index contributed by atoms with van der Waals surface area (Å²) in [5.41, 5.74) is 7.31. The fourth-order valence-electron chi connectivity index (χ4n) is 1.34. The topological polar surface area (TPSA) is 108 Å². The van der Waals surface area contributed by atoms with Gasteiger partial charge in [0.15, 0.2) is 0 Å². The van der Waals surface area contributed by atoms with Crippen molar-refractivity contribution in [2.45, 2.75) is 26.4 Å². The first-order chi connectivity index (χ1) is 8.52. The Morgan fingerprint density at radius 3 is 2.79 bits per heavy atom. The van der Waals surface area contributed by atoms with Gasteiger partial charge in [0.2, 0.25) is 5.96 Å². The van der Waals surface area contributed by atoms with Crippen LogP contribution in [-0.4, -0.2) is 17.5 Å². The van der Waals surface area contributed by atoms with Crippen LogP contribution in [-0.2, 0) is 11.3 Å². The van der Waals surface area contributed by atoms with Crippen LogP contribution in [0.3, 0.4) is 0 Å². The minimum absolute atomic E-state index is 0. The number of ether oxygens (including phenoxy) is 1. The number of carbonyl (C=O) groups excluding carboxylic acids is 1. The summed E-state index contributed by atoms with van der Waals surface area (Å²) in [6.45, 7) is 4.35. The van der Waals surface area contributed by atoms with Crippen molar-refractivity contribution in [3.63, 3.8) is 0 Å².